The summed E-state index contributed by atoms with van der Waals surface area (Å²) in [6, 6.07) is 14.3. The molecule has 1 N–H and O–H groups in total. The first kappa shape index (κ1) is 25.6. The zero-order valence-electron chi connectivity index (χ0n) is 21.8. The quantitative estimate of drug-likeness (QED) is 0.409. The van der Waals surface area contributed by atoms with Crippen LogP contribution in [0.15, 0.2) is 65.6 Å². The second-order valence-corrected chi connectivity index (χ2v) is 9.01. The van der Waals surface area contributed by atoms with Gasteiger partial charge in [-0.1, -0.05) is 18.2 Å². The summed E-state index contributed by atoms with van der Waals surface area (Å²) in [5.74, 6) is -1.02. The highest BCUT2D eigenvalue weighted by atomic mass is 19.1. The van der Waals surface area contributed by atoms with Crippen molar-refractivity contribution in [2.75, 3.05) is 30.5 Å². The van der Waals surface area contributed by atoms with Crippen molar-refractivity contribution in [2.45, 2.75) is 13.0 Å². The smallest absolute Gasteiger partial charge is 0.353 e. The Hall–Kier alpha value is -5.00. The number of aryl methyl sites for hydroxylation is 1. The molecule has 1 atom stereocenters. The van der Waals surface area contributed by atoms with Crippen molar-refractivity contribution >= 4 is 23.4 Å². The van der Waals surface area contributed by atoms with E-state index in [1.807, 2.05) is 6.92 Å². The Kier molecular flexibility index (Phi) is 6.60. The summed E-state index contributed by atoms with van der Waals surface area (Å²) in [6.45, 7) is 2.05. The molecule has 0 bridgehead atoms. The van der Waals surface area contributed by atoms with Crippen LogP contribution in [0.4, 0.5) is 20.7 Å². The number of hydrogen-bond acceptors (Lipinski definition) is 6. The van der Waals surface area contributed by atoms with E-state index in [-0.39, 0.29) is 41.6 Å². The Labute approximate surface area is 223 Å². The lowest BCUT2D eigenvalue weighted by Crippen LogP contribution is -2.34. The van der Waals surface area contributed by atoms with Crippen LogP contribution in [0.5, 0.6) is 6.01 Å². The second-order valence-electron chi connectivity index (χ2n) is 9.01. The third kappa shape index (κ3) is 4.39. The highest BCUT2D eigenvalue weighted by Crippen LogP contribution is 2.33. The first-order valence-corrected chi connectivity index (χ1v) is 12.1. The fourth-order valence-corrected chi connectivity index (χ4v) is 4.66. The third-order valence-electron chi connectivity index (χ3n) is 6.58. The largest absolute Gasteiger partial charge is 0.467 e. The predicted molar refractivity (Wildman–Crippen MR) is 143 cm³/mol. The van der Waals surface area contributed by atoms with E-state index in [9.17, 15) is 14.4 Å². The van der Waals surface area contributed by atoms with Gasteiger partial charge >= 0.3 is 17.7 Å². The van der Waals surface area contributed by atoms with Crippen LogP contribution < -0.4 is 25.5 Å². The number of nitrogens with one attached hydrogen (secondary N) is 1. The number of methoxy groups -OCH3 is 1. The number of ether oxygens (including phenoxy) is 1. The monoisotopic (exact) mass is 531 g/mol. The van der Waals surface area contributed by atoms with E-state index < -0.39 is 11.8 Å². The van der Waals surface area contributed by atoms with Gasteiger partial charge in [-0.15, -0.1) is 5.10 Å². The van der Waals surface area contributed by atoms with E-state index in [1.165, 1.54) is 47.8 Å². The molecule has 0 radical (unpaired) electrons. The molecule has 0 unspecified atom stereocenters. The molecule has 2 aromatic heterocycles. The maximum Gasteiger partial charge on any atom is 0.353 e. The first-order valence-electron chi connectivity index (χ1n) is 12.1. The lowest BCUT2D eigenvalue weighted by molar-refractivity contribution is 0.0963. The van der Waals surface area contributed by atoms with Crippen LogP contribution >= 0.6 is 0 Å². The van der Waals surface area contributed by atoms with Crippen LogP contribution in [0.3, 0.4) is 0 Å². The number of amides is 3. The molecule has 5 rings (SSSR count). The first-order chi connectivity index (χ1) is 18.7. The molecular formula is C27H26FN7O4. The van der Waals surface area contributed by atoms with Gasteiger partial charge in [0.15, 0.2) is 11.6 Å². The van der Waals surface area contributed by atoms with Crippen LogP contribution in [0.1, 0.15) is 17.3 Å². The van der Waals surface area contributed by atoms with Gasteiger partial charge in [-0.05, 0) is 48.9 Å². The van der Waals surface area contributed by atoms with Gasteiger partial charge in [-0.25, -0.2) is 28.2 Å². The topological polar surface area (TPSA) is 115 Å². The van der Waals surface area contributed by atoms with Crippen molar-refractivity contribution in [3.05, 3.63) is 82.7 Å². The van der Waals surface area contributed by atoms with E-state index >= 15 is 4.39 Å². The number of carbonyl (C=O) groups excluding carboxylic acids is 2. The van der Waals surface area contributed by atoms with Crippen molar-refractivity contribution in [2.24, 2.45) is 7.05 Å². The molecule has 39 heavy (non-hydrogen) atoms. The molecule has 3 amide bonds. The number of nitrogens with zero attached hydrogens (tertiary/aromatic N) is 6. The summed E-state index contributed by atoms with van der Waals surface area (Å²) in [5.41, 5.74) is 1.84. The van der Waals surface area contributed by atoms with Crippen molar-refractivity contribution < 1.29 is 18.7 Å². The number of carbonyl (C=O) groups is 2. The molecule has 12 heteroatoms. The SMILES string of the molecule is CNC(=O)c1cccc(N2C(=O)N(c3nccc(-c4ccc(-n5c(OC)nn(C)c5=O)cc4)c3F)C[C@@H]2C)c1. The van der Waals surface area contributed by atoms with Crippen molar-refractivity contribution in [3.8, 4) is 22.8 Å². The van der Waals surface area contributed by atoms with Crippen molar-refractivity contribution in [1.82, 2.24) is 24.6 Å². The molecule has 0 spiro atoms. The Morgan fingerprint density at radius 1 is 1.10 bits per heavy atom. The van der Waals surface area contributed by atoms with Gasteiger partial charge in [0, 0.05) is 43.7 Å². The number of urea groups is 1. The molecule has 1 aliphatic heterocycles. The molecule has 11 nitrogen and oxygen atoms in total. The standard InChI is InChI=1S/C27H26FN7O4/c1-16-15-33(27(38)34(16)20-7-5-6-18(14-20)24(36)29-2)23-22(28)21(12-13-30-23)17-8-10-19(11-9-17)35-25(39-4)31-32(3)26(35)37/h5-14,16H,15H2,1-4H3,(H,29,36)/t16-/m0/s1. The Morgan fingerprint density at radius 3 is 2.54 bits per heavy atom. The van der Waals surface area contributed by atoms with Gasteiger partial charge in [0.05, 0.1) is 18.8 Å². The van der Waals surface area contributed by atoms with Gasteiger partial charge in [-0.3, -0.25) is 14.6 Å². The fourth-order valence-electron chi connectivity index (χ4n) is 4.66. The predicted octanol–water partition coefficient (Wildman–Crippen LogP) is 2.98. The summed E-state index contributed by atoms with van der Waals surface area (Å²) in [4.78, 5) is 45.0. The minimum absolute atomic E-state index is 0.0940. The normalized spacial score (nSPS) is 15.1. The van der Waals surface area contributed by atoms with Crippen LogP contribution in [0.25, 0.3) is 16.8 Å². The maximum absolute atomic E-state index is 15.8. The molecular weight excluding hydrogens is 505 g/mol. The third-order valence-corrected chi connectivity index (χ3v) is 6.58. The average Bonchev–Trinajstić information content (AvgIpc) is 3.41. The number of pyridine rings is 1. The number of anilines is 2. The number of aromatic nitrogens is 4. The van der Waals surface area contributed by atoms with E-state index in [2.05, 4.69) is 15.4 Å². The molecule has 2 aromatic carbocycles. The lowest BCUT2D eigenvalue weighted by Gasteiger charge is -2.21. The summed E-state index contributed by atoms with van der Waals surface area (Å²) in [7, 11) is 4.47. The lowest BCUT2D eigenvalue weighted by atomic mass is 10.1. The fraction of sp³-hybridized carbons (Fsp3) is 0.222. The summed E-state index contributed by atoms with van der Waals surface area (Å²) < 4.78 is 23.5. The molecule has 0 saturated carbocycles. The molecule has 1 fully saturated rings. The minimum Gasteiger partial charge on any atom is -0.467 e. The Bertz CT molecular complexity index is 1630. The van der Waals surface area contributed by atoms with Gasteiger partial charge in [0.2, 0.25) is 0 Å². The van der Waals surface area contributed by atoms with Crippen LogP contribution in [0.2, 0.25) is 0 Å². The summed E-state index contributed by atoms with van der Waals surface area (Å²) >= 11 is 0. The summed E-state index contributed by atoms with van der Waals surface area (Å²) in [6.07, 6.45) is 1.45. The van der Waals surface area contributed by atoms with Crippen molar-refractivity contribution in [1.29, 1.82) is 0 Å². The highest BCUT2D eigenvalue weighted by Gasteiger charge is 2.39. The minimum atomic E-state index is -0.650. The summed E-state index contributed by atoms with van der Waals surface area (Å²) in [5, 5.41) is 6.60. The zero-order valence-corrected chi connectivity index (χ0v) is 21.8. The average molecular weight is 532 g/mol. The Balaban J connectivity index is 1.46. The van der Waals surface area contributed by atoms with Gasteiger partial charge in [-0.2, -0.15) is 0 Å². The maximum atomic E-state index is 15.8. The van der Waals surface area contributed by atoms with E-state index in [0.717, 1.165) is 4.68 Å². The van der Waals surface area contributed by atoms with Crippen LogP contribution in [-0.2, 0) is 7.05 Å². The molecule has 3 heterocycles. The zero-order chi connectivity index (χ0) is 27.8. The van der Waals surface area contributed by atoms with Gasteiger partial charge in [0.25, 0.3) is 5.91 Å². The molecule has 200 valence electrons. The molecule has 4 aromatic rings. The van der Waals surface area contributed by atoms with Crippen LogP contribution in [0, 0.1) is 5.82 Å². The number of benzene rings is 2. The van der Waals surface area contributed by atoms with E-state index in [4.69, 9.17) is 4.74 Å². The van der Waals surface area contributed by atoms with Crippen molar-refractivity contribution in [3.63, 3.8) is 0 Å². The van der Waals surface area contributed by atoms with Gasteiger partial charge in [0.1, 0.15) is 0 Å². The number of rotatable bonds is 6. The van der Waals surface area contributed by atoms with E-state index in [0.29, 0.717) is 22.5 Å². The molecule has 1 saturated heterocycles. The molecule has 1 aliphatic rings. The van der Waals surface area contributed by atoms with E-state index in [1.54, 1.807) is 48.5 Å². The number of halogens is 1. The number of hydrogen-bond donors (Lipinski definition) is 1. The van der Waals surface area contributed by atoms with Crippen LogP contribution in [-0.4, -0.2) is 58.0 Å². The molecule has 0 aliphatic carbocycles. The van der Waals surface area contributed by atoms with Gasteiger partial charge < -0.3 is 10.1 Å². The Morgan fingerprint density at radius 2 is 1.85 bits per heavy atom. The highest BCUT2D eigenvalue weighted by molar-refractivity contribution is 6.07. The second kappa shape index (κ2) is 10.0.